The van der Waals surface area contributed by atoms with E-state index in [1.165, 1.54) is 17.5 Å². The minimum atomic E-state index is -0.259. The van der Waals surface area contributed by atoms with Crippen molar-refractivity contribution in [2.24, 2.45) is 0 Å². The second-order valence-corrected chi connectivity index (χ2v) is 7.26. The van der Waals surface area contributed by atoms with E-state index in [-0.39, 0.29) is 12.5 Å². The fourth-order valence-electron chi connectivity index (χ4n) is 2.49. The Morgan fingerprint density at radius 3 is 2.89 bits per heavy atom. The molecule has 0 fully saturated rings. The molecule has 0 bridgehead atoms. The number of hydrogen-bond donors (Lipinski definition) is 3. The summed E-state index contributed by atoms with van der Waals surface area (Å²) in [6, 6.07) is 13.1. The van der Waals surface area contributed by atoms with Gasteiger partial charge < -0.3 is 10.6 Å². The second-order valence-electron chi connectivity index (χ2n) is 5.82. The molecule has 0 unspecified atom stereocenters. The quantitative estimate of drug-likeness (QED) is 0.376. The number of para-hydroxylation sites is 1. The Morgan fingerprint density at radius 1 is 1.30 bits per heavy atom. The molecule has 0 spiro atoms. The zero-order chi connectivity index (χ0) is 19.2. The first-order valence-electron chi connectivity index (χ1n) is 8.21. The smallest absolute Gasteiger partial charge is 0.267 e. The average Bonchev–Trinajstić information content (AvgIpc) is 3.12. The molecule has 1 aromatic heterocycles. The molecule has 6 nitrogen and oxygen atoms in total. The third-order valence-electron chi connectivity index (χ3n) is 3.85. The number of halogens is 1. The maximum atomic E-state index is 12.5. The molecule has 27 heavy (non-hydrogen) atoms. The maximum absolute atomic E-state index is 12.5. The third-order valence-corrected chi connectivity index (χ3v) is 5.08. The number of carbonyl (C=O) groups excluding carboxylic acids is 1. The van der Waals surface area contributed by atoms with Crippen molar-refractivity contribution >= 4 is 45.4 Å². The Hall–Kier alpha value is -2.45. The van der Waals surface area contributed by atoms with Gasteiger partial charge in [-0.1, -0.05) is 47.2 Å². The first-order valence-corrected chi connectivity index (χ1v) is 9.41. The number of rotatable bonds is 7. The van der Waals surface area contributed by atoms with E-state index in [1.807, 2.05) is 43.3 Å². The molecule has 0 atom stereocenters. The molecule has 140 valence electrons. The van der Waals surface area contributed by atoms with Crippen LogP contribution in [0.25, 0.3) is 0 Å². The number of aromatic nitrogens is 1. The summed E-state index contributed by atoms with van der Waals surface area (Å²) in [5, 5.41) is 15.6. The molecule has 1 heterocycles. The van der Waals surface area contributed by atoms with Gasteiger partial charge in [0.1, 0.15) is 4.88 Å². The maximum Gasteiger partial charge on any atom is 0.267 e. The van der Waals surface area contributed by atoms with Crippen LogP contribution in [0.1, 0.15) is 20.8 Å². The Kier molecular flexibility index (Phi) is 6.41. The van der Waals surface area contributed by atoms with Gasteiger partial charge >= 0.3 is 0 Å². The Morgan fingerprint density at radius 2 is 2.11 bits per heavy atom. The number of carbonyl (C=O) groups is 1. The van der Waals surface area contributed by atoms with Gasteiger partial charge in [0.25, 0.3) is 5.91 Å². The molecule has 2 aromatic carbocycles. The number of aryl methyl sites for hydroxylation is 1. The van der Waals surface area contributed by atoms with Gasteiger partial charge in [-0.2, -0.15) is 0 Å². The second kappa shape index (κ2) is 8.96. The normalized spacial score (nSPS) is 10.6. The molecule has 3 aromatic rings. The van der Waals surface area contributed by atoms with Crippen LogP contribution in [0.4, 0.5) is 16.5 Å². The molecule has 1 amide bonds. The van der Waals surface area contributed by atoms with Gasteiger partial charge in [0.15, 0.2) is 5.13 Å². The highest BCUT2D eigenvalue weighted by Gasteiger charge is 2.14. The van der Waals surface area contributed by atoms with E-state index in [0.29, 0.717) is 27.1 Å². The SMILES string of the molecule is Cc1cccc(Cl)c1NC(=O)c1cnc(Nc2cccc(CCOO)c2)s1. The van der Waals surface area contributed by atoms with Gasteiger partial charge in [0.2, 0.25) is 0 Å². The van der Waals surface area contributed by atoms with Crippen molar-refractivity contribution in [1.29, 1.82) is 0 Å². The van der Waals surface area contributed by atoms with Crippen LogP contribution in [0.15, 0.2) is 48.7 Å². The third kappa shape index (κ3) is 5.05. The lowest BCUT2D eigenvalue weighted by Gasteiger charge is -2.08. The zero-order valence-electron chi connectivity index (χ0n) is 14.5. The minimum absolute atomic E-state index is 0.229. The minimum Gasteiger partial charge on any atom is -0.332 e. The van der Waals surface area contributed by atoms with Crippen molar-refractivity contribution in [3.05, 3.63) is 69.7 Å². The van der Waals surface area contributed by atoms with Gasteiger partial charge in [-0.3, -0.25) is 10.1 Å². The lowest BCUT2D eigenvalue weighted by atomic mass is 10.1. The van der Waals surface area contributed by atoms with E-state index in [2.05, 4.69) is 20.5 Å². The van der Waals surface area contributed by atoms with Crippen LogP contribution in [0.3, 0.4) is 0 Å². The van der Waals surface area contributed by atoms with E-state index >= 15 is 0 Å². The fourth-order valence-corrected chi connectivity index (χ4v) is 3.49. The summed E-state index contributed by atoms with van der Waals surface area (Å²) < 4.78 is 0. The number of nitrogens with one attached hydrogen (secondary N) is 2. The van der Waals surface area contributed by atoms with Gasteiger partial charge in [-0.25, -0.2) is 9.87 Å². The molecular weight excluding hydrogens is 386 g/mol. The van der Waals surface area contributed by atoms with Gasteiger partial charge in [0, 0.05) is 5.69 Å². The van der Waals surface area contributed by atoms with Crippen molar-refractivity contribution in [3.63, 3.8) is 0 Å². The zero-order valence-corrected chi connectivity index (χ0v) is 16.1. The predicted octanol–water partition coefficient (Wildman–Crippen LogP) is 5.13. The molecule has 0 saturated heterocycles. The van der Waals surface area contributed by atoms with Crippen molar-refractivity contribution in [1.82, 2.24) is 4.98 Å². The number of benzene rings is 2. The standard InChI is InChI=1S/C19H18ClN3O3S/c1-12-4-2-7-15(20)17(12)23-18(24)16-11-21-19(27-16)22-14-6-3-5-13(10-14)8-9-26-25/h2-7,10-11,25H,8-9H2,1H3,(H,21,22)(H,23,24). The fraction of sp³-hybridized carbons (Fsp3) is 0.158. The highest BCUT2D eigenvalue weighted by molar-refractivity contribution is 7.17. The summed E-state index contributed by atoms with van der Waals surface area (Å²) in [4.78, 5) is 21.3. The summed E-state index contributed by atoms with van der Waals surface area (Å²) in [6.45, 7) is 2.11. The predicted molar refractivity (Wildman–Crippen MR) is 108 cm³/mol. The van der Waals surface area contributed by atoms with Crippen molar-refractivity contribution in [3.8, 4) is 0 Å². The number of hydrogen-bond acceptors (Lipinski definition) is 6. The summed E-state index contributed by atoms with van der Waals surface area (Å²) >= 11 is 7.41. The highest BCUT2D eigenvalue weighted by Crippen LogP contribution is 2.28. The van der Waals surface area contributed by atoms with Gasteiger partial charge in [0.05, 0.1) is 23.5 Å². The summed E-state index contributed by atoms with van der Waals surface area (Å²) in [7, 11) is 0. The van der Waals surface area contributed by atoms with Gasteiger partial charge in [-0.05, 0) is 42.7 Å². The van der Waals surface area contributed by atoms with Crippen LogP contribution in [-0.4, -0.2) is 22.8 Å². The van der Waals surface area contributed by atoms with Crippen LogP contribution in [-0.2, 0) is 11.3 Å². The Labute approximate surface area is 165 Å². The molecular formula is C19H18ClN3O3S. The lowest BCUT2D eigenvalue weighted by Crippen LogP contribution is -2.11. The largest absolute Gasteiger partial charge is 0.332 e. The molecule has 3 rings (SSSR count). The van der Waals surface area contributed by atoms with E-state index in [4.69, 9.17) is 16.9 Å². The molecule has 8 heteroatoms. The summed E-state index contributed by atoms with van der Waals surface area (Å²) in [5.41, 5.74) is 3.35. The Bertz CT molecular complexity index is 925. The van der Waals surface area contributed by atoms with E-state index in [1.54, 1.807) is 6.07 Å². The summed E-state index contributed by atoms with van der Waals surface area (Å²) in [6.07, 6.45) is 2.12. The van der Waals surface area contributed by atoms with Crippen LogP contribution in [0, 0.1) is 6.92 Å². The first kappa shape index (κ1) is 19.3. The molecule has 0 aliphatic rings. The average molecular weight is 404 g/mol. The van der Waals surface area contributed by atoms with Crippen LogP contribution in [0.5, 0.6) is 0 Å². The van der Waals surface area contributed by atoms with Crippen molar-refractivity contribution in [2.75, 3.05) is 17.2 Å². The highest BCUT2D eigenvalue weighted by atomic mass is 35.5. The molecule has 0 aliphatic carbocycles. The molecule has 0 aliphatic heterocycles. The van der Waals surface area contributed by atoms with Crippen molar-refractivity contribution in [2.45, 2.75) is 13.3 Å². The monoisotopic (exact) mass is 403 g/mol. The lowest BCUT2D eigenvalue weighted by molar-refractivity contribution is -0.241. The van der Waals surface area contributed by atoms with Crippen LogP contribution >= 0.6 is 22.9 Å². The van der Waals surface area contributed by atoms with Crippen LogP contribution in [0.2, 0.25) is 5.02 Å². The molecule has 0 saturated carbocycles. The van der Waals surface area contributed by atoms with E-state index in [9.17, 15) is 4.79 Å². The number of thiazole rings is 1. The topological polar surface area (TPSA) is 83.5 Å². The molecule has 0 radical (unpaired) electrons. The Balaban J connectivity index is 1.69. The van der Waals surface area contributed by atoms with Gasteiger partial charge in [-0.15, -0.1) is 0 Å². The number of anilines is 3. The first-order chi connectivity index (χ1) is 13.1. The van der Waals surface area contributed by atoms with Crippen LogP contribution < -0.4 is 10.6 Å². The van der Waals surface area contributed by atoms with E-state index in [0.717, 1.165) is 16.8 Å². The van der Waals surface area contributed by atoms with Crippen molar-refractivity contribution < 1.29 is 14.9 Å². The van der Waals surface area contributed by atoms with E-state index < -0.39 is 0 Å². The summed E-state index contributed by atoms with van der Waals surface area (Å²) in [5.74, 6) is -0.259. The number of nitrogens with zero attached hydrogens (tertiary/aromatic N) is 1. The molecule has 3 N–H and O–H groups in total. The number of amides is 1.